The summed E-state index contributed by atoms with van der Waals surface area (Å²) < 4.78 is 5.70. The van der Waals surface area contributed by atoms with E-state index in [4.69, 9.17) is 9.41 Å². The minimum absolute atomic E-state index is 0.0952. The van der Waals surface area contributed by atoms with Crippen LogP contribution in [0.4, 0.5) is 11.7 Å². The fraction of sp³-hybridized carbons (Fsp3) is 0.0870. The third kappa shape index (κ3) is 3.78. The van der Waals surface area contributed by atoms with Crippen LogP contribution in [0.5, 0.6) is 0 Å². The minimum Gasteiger partial charge on any atom is -0.403 e. The monoisotopic (exact) mass is 410 g/mol. The molecule has 3 heterocycles. The highest BCUT2D eigenvalue weighted by Gasteiger charge is 2.27. The molecule has 5 rings (SSSR count). The number of hydrogen-bond donors (Lipinski definition) is 2. The van der Waals surface area contributed by atoms with Crippen molar-refractivity contribution in [2.24, 2.45) is 4.99 Å². The van der Waals surface area contributed by atoms with Crippen LogP contribution in [0.25, 0.3) is 11.5 Å². The molecule has 1 aliphatic rings. The zero-order valence-corrected chi connectivity index (χ0v) is 16.6. The van der Waals surface area contributed by atoms with E-state index < -0.39 is 6.17 Å². The number of anilines is 2. The van der Waals surface area contributed by atoms with Crippen LogP contribution in [-0.2, 0) is 4.79 Å². The smallest absolute Gasteiger partial charge is 0.317 e. The summed E-state index contributed by atoms with van der Waals surface area (Å²) in [5.41, 5.74) is 4.70. The van der Waals surface area contributed by atoms with Crippen LogP contribution in [0.1, 0.15) is 16.8 Å². The zero-order valence-electron chi connectivity index (χ0n) is 16.6. The number of aryl methyl sites for hydroxylation is 1. The first-order chi connectivity index (χ1) is 15.2. The Morgan fingerprint density at radius 1 is 0.935 bits per heavy atom. The molecule has 2 aromatic heterocycles. The molecule has 1 unspecified atom stereocenters. The first-order valence-electron chi connectivity index (χ1n) is 9.74. The van der Waals surface area contributed by atoms with Crippen molar-refractivity contribution in [2.75, 3.05) is 10.6 Å². The SMILES string of the molecule is Cc1ccc(-c2nnc(NC3N=C(c4ccccc4)c4ccccc4NC3=O)o2)cn1. The Kier molecular flexibility index (Phi) is 4.72. The number of benzene rings is 2. The van der Waals surface area contributed by atoms with Crippen LogP contribution in [0.15, 0.2) is 82.3 Å². The quantitative estimate of drug-likeness (QED) is 0.532. The molecule has 152 valence electrons. The number of carbonyl (C=O) groups is 1. The molecular weight excluding hydrogens is 392 g/mol. The Labute approximate surface area is 178 Å². The summed E-state index contributed by atoms with van der Waals surface area (Å²) >= 11 is 0. The number of nitrogens with zero attached hydrogens (tertiary/aromatic N) is 4. The molecule has 0 fully saturated rings. The Morgan fingerprint density at radius 2 is 1.74 bits per heavy atom. The van der Waals surface area contributed by atoms with Crippen LogP contribution in [0.2, 0.25) is 0 Å². The molecule has 0 saturated heterocycles. The van der Waals surface area contributed by atoms with Crippen molar-refractivity contribution in [1.82, 2.24) is 15.2 Å². The Bertz CT molecular complexity index is 1260. The van der Waals surface area contributed by atoms with E-state index in [0.29, 0.717) is 22.9 Å². The topological polar surface area (TPSA) is 105 Å². The van der Waals surface area contributed by atoms with Gasteiger partial charge in [-0.1, -0.05) is 53.6 Å². The second-order valence-electron chi connectivity index (χ2n) is 7.03. The number of pyridine rings is 1. The first-order valence-corrected chi connectivity index (χ1v) is 9.74. The maximum atomic E-state index is 12.9. The number of nitrogens with one attached hydrogen (secondary N) is 2. The molecular formula is C23H18N6O2. The van der Waals surface area contributed by atoms with E-state index in [-0.39, 0.29) is 11.9 Å². The number of benzodiazepines with no additional fused rings is 1. The number of aliphatic imine (C=N–C) groups is 1. The van der Waals surface area contributed by atoms with Crippen LogP contribution >= 0.6 is 0 Å². The number of rotatable bonds is 4. The van der Waals surface area contributed by atoms with Gasteiger partial charge in [0.25, 0.3) is 11.8 Å². The lowest BCUT2D eigenvalue weighted by molar-refractivity contribution is -0.116. The van der Waals surface area contributed by atoms with Crippen molar-refractivity contribution in [1.29, 1.82) is 0 Å². The van der Waals surface area contributed by atoms with E-state index in [0.717, 1.165) is 16.8 Å². The molecule has 8 nitrogen and oxygen atoms in total. The van der Waals surface area contributed by atoms with Crippen LogP contribution in [0, 0.1) is 6.92 Å². The molecule has 4 aromatic rings. The van der Waals surface area contributed by atoms with Crippen molar-refractivity contribution in [3.05, 3.63) is 89.7 Å². The van der Waals surface area contributed by atoms with Gasteiger partial charge in [0.05, 0.1) is 17.0 Å². The van der Waals surface area contributed by atoms with E-state index in [1.807, 2.05) is 73.7 Å². The van der Waals surface area contributed by atoms with Crippen molar-refractivity contribution in [3.63, 3.8) is 0 Å². The van der Waals surface area contributed by atoms with Gasteiger partial charge >= 0.3 is 6.01 Å². The lowest BCUT2D eigenvalue weighted by Gasteiger charge is -2.11. The van der Waals surface area contributed by atoms with Crippen molar-refractivity contribution < 1.29 is 9.21 Å². The molecule has 0 saturated carbocycles. The summed E-state index contributed by atoms with van der Waals surface area (Å²) in [5.74, 6) is -0.0188. The highest BCUT2D eigenvalue weighted by atomic mass is 16.4. The number of carbonyl (C=O) groups excluding carboxylic acids is 1. The number of para-hydroxylation sites is 1. The summed E-state index contributed by atoms with van der Waals surface area (Å²) in [6.45, 7) is 1.90. The predicted octanol–water partition coefficient (Wildman–Crippen LogP) is 3.67. The molecule has 0 spiro atoms. The molecule has 0 bridgehead atoms. The highest BCUT2D eigenvalue weighted by Crippen LogP contribution is 2.25. The van der Waals surface area contributed by atoms with Crippen LogP contribution in [-0.4, -0.2) is 33.0 Å². The van der Waals surface area contributed by atoms with E-state index in [9.17, 15) is 4.79 Å². The molecule has 2 aromatic carbocycles. The van der Waals surface area contributed by atoms with E-state index in [1.54, 1.807) is 6.20 Å². The lowest BCUT2D eigenvalue weighted by Crippen LogP contribution is -2.32. The van der Waals surface area contributed by atoms with Gasteiger partial charge in [-0.3, -0.25) is 9.78 Å². The van der Waals surface area contributed by atoms with Gasteiger partial charge in [0.1, 0.15) is 0 Å². The maximum absolute atomic E-state index is 12.9. The molecule has 2 N–H and O–H groups in total. The Hall–Kier alpha value is -4.33. The van der Waals surface area contributed by atoms with Crippen molar-refractivity contribution in [2.45, 2.75) is 13.1 Å². The largest absolute Gasteiger partial charge is 0.403 e. The van der Waals surface area contributed by atoms with Gasteiger partial charge in [-0.2, -0.15) is 0 Å². The standard InChI is InChI=1S/C23H18N6O2/c1-14-11-12-16(13-24-14)22-28-29-23(31-22)27-20-21(30)25-18-10-6-5-9-17(18)19(26-20)15-7-3-2-4-8-15/h2-13,20H,1H3,(H,25,30)(H,27,29). The van der Waals surface area contributed by atoms with Crippen molar-refractivity contribution >= 4 is 23.3 Å². The number of hydrogen-bond acceptors (Lipinski definition) is 7. The van der Waals surface area contributed by atoms with E-state index >= 15 is 0 Å². The lowest BCUT2D eigenvalue weighted by atomic mass is 10.0. The first kappa shape index (κ1) is 18.7. The minimum atomic E-state index is -0.952. The molecule has 0 aliphatic carbocycles. The Balaban J connectivity index is 1.49. The molecule has 0 radical (unpaired) electrons. The van der Waals surface area contributed by atoms with Gasteiger partial charge in [0, 0.05) is 23.0 Å². The summed E-state index contributed by atoms with van der Waals surface area (Å²) in [4.78, 5) is 21.8. The second kappa shape index (κ2) is 7.83. The predicted molar refractivity (Wildman–Crippen MR) is 117 cm³/mol. The third-order valence-electron chi connectivity index (χ3n) is 4.84. The zero-order chi connectivity index (χ0) is 21.2. The van der Waals surface area contributed by atoms with Gasteiger partial charge in [0.2, 0.25) is 6.17 Å². The second-order valence-corrected chi connectivity index (χ2v) is 7.03. The number of fused-ring (bicyclic) bond motifs is 1. The molecule has 8 heteroatoms. The molecule has 1 aliphatic heterocycles. The fourth-order valence-corrected chi connectivity index (χ4v) is 3.29. The molecule has 1 atom stereocenters. The van der Waals surface area contributed by atoms with E-state index in [2.05, 4.69) is 25.8 Å². The number of aromatic nitrogens is 3. The molecule has 1 amide bonds. The summed E-state index contributed by atoms with van der Waals surface area (Å²) in [6.07, 6.45) is 0.708. The summed E-state index contributed by atoms with van der Waals surface area (Å²) in [6, 6.07) is 21.1. The Morgan fingerprint density at radius 3 is 2.55 bits per heavy atom. The van der Waals surface area contributed by atoms with Gasteiger partial charge in [0.15, 0.2) is 0 Å². The van der Waals surface area contributed by atoms with Gasteiger partial charge in [-0.05, 0) is 25.1 Å². The maximum Gasteiger partial charge on any atom is 0.317 e. The molecule has 31 heavy (non-hydrogen) atoms. The highest BCUT2D eigenvalue weighted by molar-refractivity contribution is 6.19. The summed E-state index contributed by atoms with van der Waals surface area (Å²) in [5, 5.41) is 13.9. The normalized spacial score (nSPS) is 15.5. The average molecular weight is 410 g/mol. The third-order valence-corrected chi connectivity index (χ3v) is 4.84. The summed E-state index contributed by atoms with van der Waals surface area (Å²) in [7, 11) is 0. The van der Waals surface area contributed by atoms with Gasteiger partial charge in [-0.25, -0.2) is 4.99 Å². The fourth-order valence-electron chi connectivity index (χ4n) is 3.29. The van der Waals surface area contributed by atoms with Gasteiger partial charge in [-0.15, -0.1) is 5.10 Å². The van der Waals surface area contributed by atoms with E-state index in [1.165, 1.54) is 0 Å². The van der Waals surface area contributed by atoms with Crippen LogP contribution < -0.4 is 10.6 Å². The van der Waals surface area contributed by atoms with Gasteiger partial charge < -0.3 is 15.1 Å². The van der Waals surface area contributed by atoms with Crippen LogP contribution in [0.3, 0.4) is 0 Å². The van der Waals surface area contributed by atoms with Crippen molar-refractivity contribution in [3.8, 4) is 11.5 Å². The number of amides is 1. The average Bonchev–Trinajstić information content (AvgIpc) is 3.21.